The summed E-state index contributed by atoms with van der Waals surface area (Å²) in [6.45, 7) is 10.7. The first-order valence-corrected chi connectivity index (χ1v) is 8.61. The van der Waals surface area contributed by atoms with E-state index >= 15 is 0 Å². The van der Waals surface area contributed by atoms with Crippen LogP contribution >= 0.6 is 0 Å². The van der Waals surface area contributed by atoms with Gasteiger partial charge in [0.15, 0.2) is 11.6 Å². The molecule has 0 saturated carbocycles. The average Bonchev–Trinajstić information content (AvgIpc) is 2.71. The summed E-state index contributed by atoms with van der Waals surface area (Å²) in [5.74, 6) is -1.26. The van der Waals surface area contributed by atoms with Crippen molar-refractivity contribution >= 4 is 5.97 Å². The van der Waals surface area contributed by atoms with E-state index in [-0.39, 0.29) is 11.3 Å². The molecule has 0 atom stereocenters. The van der Waals surface area contributed by atoms with Crippen LogP contribution in [0.15, 0.2) is 54.8 Å². The number of aryl methyl sites for hydroxylation is 1. The van der Waals surface area contributed by atoms with E-state index in [1.54, 1.807) is 32.0 Å². The van der Waals surface area contributed by atoms with Crippen molar-refractivity contribution in [1.29, 1.82) is 5.26 Å². The number of rotatable bonds is 4. The van der Waals surface area contributed by atoms with Crippen molar-refractivity contribution in [2.75, 3.05) is 7.11 Å². The van der Waals surface area contributed by atoms with Crippen LogP contribution in [0.2, 0.25) is 0 Å². The zero-order valence-corrected chi connectivity index (χ0v) is 16.8. The van der Waals surface area contributed by atoms with Gasteiger partial charge in [-0.15, -0.1) is 0 Å². The van der Waals surface area contributed by atoms with E-state index < -0.39 is 11.8 Å². The Morgan fingerprint density at radius 2 is 2.00 bits per heavy atom. The molecule has 2 rings (SSSR count). The van der Waals surface area contributed by atoms with Crippen LogP contribution in [0.4, 0.5) is 4.39 Å². The van der Waals surface area contributed by atoms with E-state index in [0.717, 1.165) is 5.69 Å². The lowest BCUT2D eigenvalue weighted by Gasteiger charge is -2.08. The van der Waals surface area contributed by atoms with Crippen molar-refractivity contribution in [3.8, 4) is 22.9 Å². The van der Waals surface area contributed by atoms with Gasteiger partial charge in [0, 0.05) is 23.0 Å². The first-order chi connectivity index (χ1) is 13.4. The summed E-state index contributed by atoms with van der Waals surface area (Å²) in [6.07, 6.45) is 4.31. The maximum Gasteiger partial charge on any atom is 0.335 e. The first-order valence-electron chi connectivity index (χ1n) is 8.61. The van der Waals surface area contributed by atoms with E-state index in [2.05, 4.69) is 17.6 Å². The van der Waals surface area contributed by atoms with Gasteiger partial charge in [0.1, 0.15) is 0 Å². The van der Waals surface area contributed by atoms with E-state index in [4.69, 9.17) is 15.1 Å². The summed E-state index contributed by atoms with van der Waals surface area (Å²) in [5.41, 5.74) is 2.15. The Morgan fingerprint density at radius 1 is 1.36 bits per heavy atom. The molecule has 0 radical (unpaired) electrons. The molecule has 0 bridgehead atoms. The Morgan fingerprint density at radius 3 is 2.43 bits per heavy atom. The molecule has 28 heavy (non-hydrogen) atoms. The van der Waals surface area contributed by atoms with Gasteiger partial charge in [-0.2, -0.15) is 5.26 Å². The highest BCUT2D eigenvalue weighted by molar-refractivity contribution is 5.89. The molecule has 6 heteroatoms. The fourth-order valence-corrected chi connectivity index (χ4v) is 2.07. The van der Waals surface area contributed by atoms with Crippen LogP contribution in [0.25, 0.3) is 11.1 Å². The first kappa shape index (κ1) is 24.5. The van der Waals surface area contributed by atoms with E-state index in [0.29, 0.717) is 16.7 Å². The highest BCUT2D eigenvalue weighted by Gasteiger charge is 2.14. The Bertz CT molecular complexity index is 884. The second-order valence-corrected chi connectivity index (χ2v) is 5.06. The topological polar surface area (TPSA) is 83.2 Å². The van der Waals surface area contributed by atoms with Gasteiger partial charge in [-0.3, -0.25) is 4.98 Å². The summed E-state index contributed by atoms with van der Waals surface area (Å²) >= 11 is 0. The molecule has 0 spiro atoms. The van der Waals surface area contributed by atoms with Gasteiger partial charge in [-0.25, -0.2) is 9.18 Å². The number of methoxy groups -OCH3 is 1. The molecule has 1 aromatic carbocycles. The van der Waals surface area contributed by atoms with Crippen molar-refractivity contribution in [3.63, 3.8) is 0 Å². The van der Waals surface area contributed by atoms with Gasteiger partial charge in [0.2, 0.25) is 0 Å². The SMILES string of the molecule is C=C/C(=C\C)C(=O)O.CC.COc1cccc(-c2cnc(C)cc2C#N)c1F. The number of aromatic nitrogens is 1. The summed E-state index contributed by atoms with van der Waals surface area (Å²) in [4.78, 5) is 14.1. The third kappa shape index (κ3) is 6.69. The van der Waals surface area contributed by atoms with Gasteiger partial charge in [-0.05, 0) is 26.0 Å². The van der Waals surface area contributed by atoms with Crippen LogP contribution in [0.5, 0.6) is 5.75 Å². The van der Waals surface area contributed by atoms with Gasteiger partial charge in [0.25, 0.3) is 0 Å². The lowest BCUT2D eigenvalue weighted by atomic mass is 10.0. The molecule has 0 saturated heterocycles. The van der Waals surface area contributed by atoms with E-state index in [1.807, 2.05) is 13.8 Å². The van der Waals surface area contributed by atoms with Crippen molar-refractivity contribution in [2.45, 2.75) is 27.7 Å². The number of hydrogen-bond donors (Lipinski definition) is 1. The fourth-order valence-electron chi connectivity index (χ4n) is 2.07. The number of benzene rings is 1. The summed E-state index contributed by atoms with van der Waals surface area (Å²) in [7, 11) is 1.40. The number of halogens is 1. The molecule has 148 valence electrons. The predicted molar refractivity (Wildman–Crippen MR) is 109 cm³/mol. The van der Waals surface area contributed by atoms with E-state index in [1.165, 1.54) is 31.5 Å². The Labute approximate surface area is 165 Å². The lowest BCUT2D eigenvalue weighted by molar-refractivity contribution is -0.132. The fraction of sp³-hybridized carbons (Fsp3) is 0.227. The zero-order chi connectivity index (χ0) is 21.7. The molecule has 1 N–H and O–H groups in total. The molecule has 0 aliphatic carbocycles. The number of aliphatic carboxylic acids is 1. The van der Waals surface area contributed by atoms with Gasteiger partial charge < -0.3 is 9.84 Å². The van der Waals surface area contributed by atoms with Crippen LogP contribution in [0.3, 0.4) is 0 Å². The number of allylic oxidation sites excluding steroid dienone is 1. The monoisotopic (exact) mass is 384 g/mol. The third-order valence-corrected chi connectivity index (χ3v) is 3.41. The largest absolute Gasteiger partial charge is 0.494 e. The number of hydrogen-bond acceptors (Lipinski definition) is 4. The molecule has 0 fully saturated rings. The summed E-state index contributed by atoms with van der Waals surface area (Å²) in [5, 5.41) is 17.3. The lowest BCUT2D eigenvalue weighted by Crippen LogP contribution is -1.95. The minimum atomic E-state index is -0.928. The van der Waals surface area contributed by atoms with Crippen molar-refractivity contribution < 1.29 is 19.0 Å². The quantitative estimate of drug-likeness (QED) is 0.571. The van der Waals surface area contributed by atoms with Crippen LogP contribution < -0.4 is 4.74 Å². The number of pyridine rings is 1. The second kappa shape index (κ2) is 12.8. The number of nitriles is 1. The molecule has 0 aliphatic heterocycles. The molecule has 1 aromatic heterocycles. The van der Waals surface area contributed by atoms with E-state index in [9.17, 15) is 9.18 Å². The van der Waals surface area contributed by atoms with Crippen molar-refractivity contribution in [1.82, 2.24) is 4.98 Å². The highest BCUT2D eigenvalue weighted by atomic mass is 19.1. The normalized spacial score (nSPS) is 9.68. The standard InChI is InChI=1S/C14H11FN2O.C6H8O2.C2H6/c1-9-6-10(7-16)12(8-17-9)11-4-3-5-13(18-2)14(11)15;1-3-5(4-2)6(7)8;1-2/h3-6,8H,1-2H3;3-4H,1H2,2H3,(H,7,8);1-2H3/b;5-4+;. The molecular weight excluding hydrogens is 359 g/mol. The molecule has 0 unspecified atom stereocenters. The summed E-state index contributed by atoms with van der Waals surface area (Å²) < 4.78 is 19.0. The van der Waals surface area contributed by atoms with Gasteiger partial charge in [-0.1, -0.05) is 44.7 Å². The average molecular weight is 384 g/mol. The second-order valence-electron chi connectivity index (χ2n) is 5.06. The Kier molecular flexibility index (Phi) is 11.2. The number of carboxylic acids is 1. The Hall–Kier alpha value is -3.46. The predicted octanol–water partition coefficient (Wildman–Crippen LogP) is 5.31. The molecular formula is C22H25FN2O3. The number of nitrogens with zero attached hydrogens (tertiary/aromatic N) is 2. The molecule has 1 heterocycles. The maximum atomic E-state index is 14.1. The number of carboxylic acid groups (broad SMARTS) is 1. The zero-order valence-electron chi connectivity index (χ0n) is 16.8. The van der Waals surface area contributed by atoms with Gasteiger partial charge in [0.05, 0.1) is 24.3 Å². The Balaban J connectivity index is 0.000000618. The van der Waals surface area contributed by atoms with Crippen LogP contribution in [0, 0.1) is 24.1 Å². The smallest absolute Gasteiger partial charge is 0.335 e. The summed E-state index contributed by atoms with van der Waals surface area (Å²) in [6, 6.07) is 8.50. The van der Waals surface area contributed by atoms with Crippen LogP contribution in [0.1, 0.15) is 32.0 Å². The molecule has 0 aliphatic rings. The van der Waals surface area contributed by atoms with Crippen molar-refractivity contribution in [3.05, 3.63) is 71.8 Å². The minimum absolute atomic E-state index is 0.150. The number of carbonyl (C=O) groups is 1. The molecule has 5 nitrogen and oxygen atoms in total. The van der Waals surface area contributed by atoms with Crippen LogP contribution in [-0.2, 0) is 4.79 Å². The maximum absolute atomic E-state index is 14.1. The molecule has 0 amide bonds. The number of ether oxygens (including phenoxy) is 1. The van der Waals surface area contributed by atoms with Crippen LogP contribution in [-0.4, -0.2) is 23.2 Å². The minimum Gasteiger partial charge on any atom is -0.494 e. The highest BCUT2D eigenvalue weighted by Crippen LogP contribution is 2.30. The van der Waals surface area contributed by atoms with Crippen molar-refractivity contribution in [2.24, 2.45) is 0 Å². The molecule has 2 aromatic rings. The van der Waals surface area contributed by atoms with Gasteiger partial charge >= 0.3 is 5.97 Å². The third-order valence-electron chi connectivity index (χ3n) is 3.41.